The molecular weight excluding hydrogens is 338 g/mol. The van der Waals surface area contributed by atoms with Crippen molar-refractivity contribution in [1.29, 1.82) is 0 Å². The van der Waals surface area contributed by atoms with Crippen LogP contribution in [0.1, 0.15) is 22.8 Å². The molecule has 8 heteroatoms. The van der Waals surface area contributed by atoms with Crippen LogP contribution in [-0.2, 0) is 24.9 Å². The minimum atomic E-state index is -3.91. The summed E-state index contributed by atoms with van der Waals surface area (Å²) in [4.78, 5) is 22.2. The van der Waals surface area contributed by atoms with Gasteiger partial charge in [-0.3, -0.25) is 4.79 Å². The van der Waals surface area contributed by atoms with Crippen LogP contribution >= 0.6 is 15.9 Å². The maximum Gasteiger partial charge on any atom is 0.338 e. The number of halogens is 1. The van der Waals surface area contributed by atoms with Gasteiger partial charge in [0, 0.05) is 12.3 Å². The maximum atomic E-state index is 11.8. The molecular formula is C11H12BrNO5S. The molecule has 1 amide bonds. The molecule has 1 N–H and O–H groups in total. The summed E-state index contributed by atoms with van der Waals surface area (Å²) in [6, 6.07) is 3.90. The number of nitrogens with one attached hydrogen (secondary N) is 1. The monoisotopic (exact) mass is 349 g/mol. The van der Waals surface area contributed by atoms with Crippen molar-refractivity contribution in [3.63, 3.8) is 0 Å². The van der Waals surface area contributed by atoms with E-state index in [1.54, 1.807) is 0 Å². The van der Waals surface area contributed by atoms with E-state index in [1.807, 2.05) is 4.72 Å². The first-order valence-corrected chi connectivity index (χ1v) is 7.73. The van der Waals surface area contributed by atoms with Gasteiger partial charge in [-0.1, -0.05) is 15.9 Å². The number of hydrogen-bond acceptors (Lipinski definition) is 5. The maximum absolute atomic E-state index is 11.8. The molecule has 0 saturated carbocycles. The number of methoxy groups -OCH3 is 1. The van der Waals surface area contributed by atoms with E-state index in [-0.39, 0.29) is 15.8 Å². The van der Waals surface area contributed by atoms with Gasteiger partial charge in [0.1, 0.15) is 0 Å². The van der Waals surface area contributed by atoms with Crippen LogP contribution in [0.2, 0.25) is 0 Å². The number of hydrogen-bond donors (Lipinski definition) is 1. The molecule has 1 rings (SSSR count). The Morgan fingerprint density at radius 2 is 2.00 bits per heavy atom. The Labute approximate surface area is 119 Å². The molecule has 0 aromatic heterocycles. The normalized spacial score (nSPS) is 10.9. The largest absolute Gasteiger partial charge is 0.465 e. The van der Waals surface area contributed by atoms with Crippen LogP contribution in [0.5, 0.6) is 0 Å². The van der Waals surface area contributed by atoms with Gasteiger partial charge in [0.15, 0.2) is 0 Å². The zero-order valence-corrected chi connectivity index (χ0v) is 12.7. The van der Waals surface area contributed by atoms with E-state index in [9.17, 15) is 18.0 Å². The highest BCUT2D eigenvalue weighted by Gasteiger charge is 2.19. The lowest BCUT2D eigenvalue weighted by Gasteiger charge is -2.09. The second-order valence-corrected chi connectivity index (χ2v) is 5.85. The topological polar surface area (TPSA) is 89.5 Å². The van der Waals surface area contributed by atoms with Crippen molar-refractivity contribution in [1.82, 2.24) is 4.72 Å². The van der Waals surface area contributed by atoms with Crippen molar-refractivity contribution in [3.8, 4) is 0 Å². The van der Waals surface area contributed by atoms with Gasteiger partial charge in [-0.25, -0.2) is 17.9 Å². The number of carbonyl (C=O) groups excluding carboxylic acids is 2. The molecule has 1 aromatic carbocycles. The van der Waals surface area contributed by atoms with Gasteiger partial charge < -0.3 is 4.74 Å². The third kappa shape index (κ3) is 3.77. The summed E-state index contributed by atoms with van der Waals surface area (Å²) in [5, 5.41) is 0.279. The Morgan fingerprint density at radius 3 is 2.47 bits per heavy atom. The summed E-state index contributed by atoms with van der Waals surface area (Å²) in [7, 11) is -2.68. The highest BCUT2D eigenvalue weighted by Crippen LogP contribution is 2.19. The third-order valence-corrected chi connectivity index (χ3v) is 4.25. The van der Waals surface area contributed by atoms with E-state index in [0.717, 1.165) is 6.92 Å². The molecule has 0 aliphatic rings. The van der Waals surface area contributed by atoms with Crippen LogP contribution in [0.4, 0.5) is 0 Å². The van der Waals surface area contributed by atoms with Crippen LogP contribution in [-0.4, -0.2) is 27.4 Å². The molecule has 1 aromatic rings. The molecule has 104 valence electrons. The lowest BCUT2D eigenvalue weighted by molar-refractivity contribution is -0.117. The average Bonchev–Trinajstić information content (AvgIpc) is 2.35. The fraction of sp³-hybridized carbons (Fsp3) is 0.273. The van der Waals surface area contributed by atoms with Gasteiger partial charge in [0.2, 0.25) is 5.91 Å². The number of benzene rings is 1. The van der Waals surface area contributed by atoms with Gasteiger partial charge in [0.05, 0.1) is 17.6 Å². The molecule has 0 atom stereocenters. The molecule has 0 unspecified atom stereocenters. The molecule has 0 saturated heterocycles. The Bertz CT molecular complexity index is 612. The minimum Gasteiger partial charge on any atom is -0.465 e. The number of rotatable bonds is 4. The molecule has 0 aliphatic heterocycles. The summed E-state index contributed by atoms with van der Waals surface area (Å²) in [6.07, 6.45) is 0. The zero-order valence-electron chi connectivity index (χ0n) is 10.3. The van der Waals surface area contributed by atoms with Crippen LogP contribution in [0.15, 0.2) is 23.1 Å². The number of alkyl halides is 1. The van der Waals surface area contributed by atoms with Crippen molar-refractivity contribution in [2.75, 3.05) is 7.11 Å². The SMILES string of the molecule is COC(=O)c1ccc(S(=O)(=O)NC(C)=O)cc1CBr. The number of ether oxygens (including phenoxy) is 1. The number of sulfonamides is 1. The Kier molecular flexibility index (Phi) is 5.07. The van der Waals surface area contributed by atoms with E-state index >= 15 is 0 Å². The predicted octanol–water partition coefficient (Wildman–Crippen LogP) is 1.19. The van der Waals surface area contributed by atoms with Crippen LogP contribution in [0, 0.1) is 0 Å². The zero-order chi connectivity index (χ0) is 14.6. The second kappa shape index (κ2) is 6.16. The fourth-order valence-corrected chi connectivity index (χ4v) is 2.91. The van der Waals surface area contributed by atoms with Gasteiger partial charge in [-0.2, -0.15) is 0 Å². The summed E-state index contributed by atoms with van der Waals surface area (Å²) < 4.78 is 30.0. The van der Waals surface area contributed by atoms with Crippen LogP contribution in [0.3, 0.4) is 0 Å². The number of amides is 1. The van der Waals surface area contributed by atoms with E-state index in [1.165, 1.54) is 25.3 Å². The Hall–Kier alpha value is -1.41. The first-order chi connectivity index (χ1) is 8.81. The predicted molar refractivity (Wildman–Crippen MR) is 71.4 cm³/mol. The van der Waals surface area contributed by atoms with Crippen LogP contribution < -0.4 is 4.72 Å². The molecule has 19 heavy (non-hydrogen) atoms. The van der Waals surface area contributed by atoms with E-state index in [0.29, 0.717) is 5.56 Å². The molecule has 0 bridgehead atoms. The van der Waals surface area contributed by atoms with Gasteiger partial charge in [0.25, 0.3) is 10.0 Å². The molecule has 0 heterocycles. The fourth-order valence-electron chi connectivity index (χ4n) is 1.41. The van der Waals surface area contributed by atoms with E-state index in [4.69, 9.17) is 0 Å². The van der Waals surface area contributed by atoms with Gasteiger partial charge in [-0.05, 0) is 23.8 Å². The number of carbonyl (C=O) groups is 2. The molecule has 6 nitrogen and oxygen atoms in total. The Morgan fingerprint density at radius 1 is 1.37 bits per heavy atom. The Balaban J connectivity index is 3.28. The molecule has 0 spiro atoms. The quantitative estimate of drug-likeness (QED) is 0.651. The third-order valence-electron chi connectivity index (χ3n) is 2.21. The van der Waals surface area contributed by atoms with E-state index < -0.39 is 21.9 Å². The van der Waals surface area contributed by atoms with Gasteiger partial charge >= 0.3 is 5.97 Å². The van der Waals surface area contributed by atoms with Gasteiger partial charge in [-0.15, -0.1) is 0 Å². The van der Waals surface area contributed by atoms with E-state index in [2.05, 4.69) is 20.7 Å². The lowest BCUT2D eigenvalue weighted by atomic mass is 10.1. The summed E-state index contributed by atoms with van der Waals surface area (Å²) in [6.45, 7) is 1.10. The molecule has 0 fully saturated rings. The lowest BCUT2D eigenvalue weighted by Crippen LogP contribution is -2.28. The number of esters is 1. The first kappa shape index (κ1) is 15.6. The molecule has 0 radical (unpaired) electrons. The highest BCUT2D eigenvalue weighted by atomic mass is 79.9. The standard InChI is InChI=1S/C11H12BrNO5S/c1-7(14)13-19(16,17)9-3-4-10(11(15)18-2)8(5-9)6-12/h3-5H,6H2,1-2H3,(H,13,14). The summed E-state index contributed by atoms with van der Waals surface area (Å²) in [5.41, 5.74) is 0.722. The highest BCUT2D eigenvalue weighted by molar-refractivity contribution is 9.08. The second-order valence-electron chi connectivity index (χ2n) is 3.61. The smallest absolute Gasteiger partial charge is 0.338 e. The first-order valence-electron chi connectivity index (χ1n) is 5.12. The van der Waals surface area contributed by atoms with Crippen molar-refractivity contribution < 1.29 is 22.7 Å². The minimum absolute atomic E-state index is 0.0928. The van der Waals surface area contributed by atoms with Crippen molar-refractivity contribution in [3.05, 3.63) is 29.3 Å². The molecule has 0 aliphatic carbocycles. The van der Waals surface area contributed by atoms with Crippen molar-refractivity contribution in [2.45, 2.75) is 17.1 Å². The van der Waals surface area contributed by atoms with Crippen molar-refractivity contribution >= 4 is 37.8 Å². The van der Waals surface area contributed by atoms with Crippen LogP contribution in [0.25, 0.3) is 0 Å². The van der Waals surface area contributed by atoms with Crippen molar-refractivity contribution in [2.24, 2.45) is 0 Å². The average molecular weight is 350 g/mol. The summed E-state index contributed by atoms with van der Waals surface area (Å²) >= 11 is 3.17. The summed E-state index contributed by atoms with van der Waals surface area (Å²) in [5.74, 6) is -1.24.